The number of pyridine rings is 1. The molecular formula is C30H42N6O3. The summed E-state index contributed by atoms with van der Waals surface area (Å²) in [5, 5.41) is 5.55. The highest BCUT2D eigenvalue weighted by Gasteiger charge is 2.34. The van der Waals surface area contributed by atoms with Crippen LogP contribution in [0.2, 0.25) is 0 Å². The molecule has 2 N–H and O–H groups in total. The minimum atomic E-state index is -1.17. The average Bonchev–Trinajstić information content (AvgIpc) is 3.04. The number of benzodiazepines with no additional fused rings is 1. The molecule has 0 saturated carbocycles. The van der Waals surface area contributed by atoms with Crippen molar-refractivity contribution in [1.82, 2.24) is 20.5 Å². The quantitative estimate of drug-likeness (QED) is 0.410. The van der Waals surface area contributed by atoms with Crippen LogP contribution in [0.15, 0.2) is 53.7 Å². The van der Waals surface area contributed by atoms with E-state index in [0.29, 0.717) is 36.8 Å². The Kier molecular flexibility index (Phi) is 11.2. The lowest BCUT2D eigenvalue weighted by Gasteiger charge is -2.28. The van der Waals surface area contributed by atoms with Crippen molar-refractivity contribution in [2.45, 2.75) is 66.1 Å². The van der Waals surface area contributed by atoms with Crippen molar-refractivity contribution in [3.05, 3.63) is 59.9 Å². The molecule has 9 heteroatoms. The maximum atomic E-state index is 13.9. The normalized spacial score (nSPS) is 16.0. The Morgan fingerprint density at radius 1 is 1.05 bits per heavy atom. The van der Waals surface area contributed by atoms with E-state index in [4.69, 9.17) is 4.99 Å². The number of anilines is 1. The van der Waals surface area contributed by atoms with Gasteiger partial charge in [-0.3, -0.25) is 19.4 Å². The van der Waals surface area contributed by atoms with Gasteiger partial charge >= 0.3 is 0 Å². The minimum Gasteiger partial charge on any atom is -0.345 e. The fourth-order valence-corrected chi connectivity index (χ4v) is 4.55. The Balaban J connectivity index is 1.89. The van der Waals surface area contributed by atoms with Crippen molar-refractivity contribution in [2.24, 2.45) is 10.9 Å². The van der Waals surface area contributed by atoms with Gasteiger partial charge in [-0.05, 0) is 50.6 Å². The van der Waals surface area contributed by atoms with Crippen LogP contribution >= 0.6 is 0 Å². The van der Waals surface area contributed by atoms with E-state index in [1.807, 2.05) is 42.5 Å². The highest BCUT2D eigenvalue weighted by molar-refractivity contribution is 6.19. The standard InChI is InChI=1S/C30H42N6O3/c1-6-35(7-2)19-20-36-25-16-9-8-14-23(25)27(24-15-10-11-18-31-24)33-28(30(36)39)34-29(38)22(5)32-26(37)17-12-13-21(3)4/h8-11,14-16,18,21-22,28H,6-7,12-13,17,19-20H2,1-5H3,(H,32,37)(H,34,38)/t22-,28?/m0/s1. The Morgan fingerprint density at radius 2 is 1.77 bits per heavy atom. The summed E-state index contributed by atoms with van der Waals surface area (Å²) in [5.74, 6) is -0.468. The first-order chi connectivity index (χ1) is 18.7. The maximum absolute atomic E-state index is 13.9. The zero-order valence-electron chi connectivity index (χ0n) is 23.8. The number of nitrogens with one attached hydrogen (secondary N) is 2. The summed E-state index contributed by atoms with van der Waals surface area (Å²) in [6.07, 6.45) is 2.57. The Bertz CT molecular complexity index is 1150. The first kappa shape index (κ1) is 30.0. The second-order valence-corrected chi connectivity index (χ2v) is 10.2. The van der Waals surface area contributed by atoms with Crippen molar-refractivity contribution in [3.8, 4) is 0 Å². The summed E-state index contributed by atoms with van der Waals surface area (Å²) < 4.78 is 0. The fourth-order valence-electron chi connectivity index (χ4n) is 4.55. The van der Waals surface area contributed by atoms with Crippen LogP contribution in [0.1, 0.15) is 65.1 Å². The molecule has 210 valence electrons. The molecule has 2 heterocycles. The number of benzene rings is 1. The molecule has 0 bridgehead atoms. The summed E-state index contributed by atoms with van der Waals surface area (Å²) in [5.41, 5.74) is 2.63. The van der Waals surface area contributed by atoms with Crippen LogP contribution in [-0.4, -0.2) is 71.7 Å². The molecule has 3 amide bonds. The average molecular weight is 535 g/mol. The predicted octanol–water partition coefficient (Wildman–Crippen LogP) is 3.38. The van der Waals surface area contributed by atoms with E-state index in [2.05, 4.69) is 48.2 Å². The minimum absolute atomic E-state index is 0.184. The molecule has 2 atom stereocenters. The SMILES string of the molecule is CCN(CC)CCN1C(=O)C(NC(=O)[C@H](C)NC(=O)CCCC(C)C)N=C(c2ccccn2)c2ccccc21. The van der Waals surface area contributed by atoms with Gasteiger partial charge in [-0.25, -0.2) is 4.99 Å². The first-order valence-corrected chi connectivity index (χ1v) is 14.0. The highest BCUT2D eigenvalue weighted by atomic mass is 16.2. The highest BCUT2D eigenvalue weighted by Crippen LogP contribution is 2.27. The van der Waals surface area contributed by atoms with Gasteiger partial charge in [0.1, 0.15) is 6.04 Å². The number of hydrogen-bond donors (Lipinski definition) is 2. The Morgan fingerprint density at radius 3 is 2.44 bits per heavy atom. The van der Waals surface area contributed by atoms with Gasteiger partial charge in [0, 0.05) is 31.3 Å². The second-order valence-electron chi connectivity index (χ2n) is 10.2. The molecule has 1 aliphatic heterocycles. The predicted molar refractivity (Wildman–Crippen MR) is 155 cm³/mol. The lowest BCUT2D eigenvalue weighted by atomic mass is 10.0. The van der Waals surface area contributed by atoms with E-state index >= 15 is 0 Å². The lowest BCUT2D eigenvalue weighted by molar-refractivity contribution is -0.131. The third kappa shape index (κ3) is 8.20. The van der Waals surface area contributed by atoms with Crippen molar-refractivity contribution < 1.29 is 14.4 Å². The molecule has 39 heavy (non-hydrogen) atoms. The van der Waals surface area contributed by atoms with Crippen LogP contribution in [-0.2, 0) is 14.4 Å². The van der Waals surface area contributed by atoms with Crippen LogP contribution in [0, 0.1) is 5.92 Å². The van der Waals surface area contributed by atoms with Crippen molar-refractivity contribution in [2.75, 3.05) is 31.1 Å². The van der Waals surface area contributed by atoms with Gasteiger partial charge in [0.05, 0.1) is 17.1 Å². The van der Waals surface area contributed by atoms with Gasteiger partial charge in [0.2, 0.25) is 18.0 Å². The van der Waals surface area contributed by atoms with Crippen LogP contribution < -0.4 is 15.5 Å². The van der Waals surface area contributed by atoms with Gasteiger partial charge < -0.3 is 20.4 Å². The van der Waals surface area contributed by atoms with Crippen LogP contribution in [0.4, 0.5) is 5.69 Å². The zero-order valence-corrected chi connectivity index (χ0v) is 23.8. The van der Waals surface area contributed by atoms with Crippen molar-refractivity contribution >= 4 is 29.1 Å². The number of aromatic nitrogens is 1. The molecule has 1 aliphatic rings. The molecule has 0 saturated heterocycles. The van der Waals surface area contributed by atoms with Crippen LogP contribution in [0.5, 0.6) is 0 Å². The molecule has 1 aromatic carbocycles. The van der Waals surface area contributed by atoms with E-state index in [-0.39, 0.29) is 11.8 Å². The molecule has 0 fully saturated rings. The van der Waals surface area contributed by atoms with Gasteiger partial charge in [-0.15, -0.1) is 0 Å². The number of carbonyl (C=O) groups excluding carboxylic acids is 3. The van der Waals surface area contributed by atoms with Crippen LogP contribution in [0.3, 0.4) is 0 Å². The smallest absolute Gasteiger partial charge is 0.272 e. The molecule has 3 rings (SSSR count). The number of para-hydroxylation sites is 1. The van der Waals surface area contributed by atoms with Crippen LogP contribution in [0.25, 0.3) is 0 Å². The number of fused-ring (bicyclic) bond motifs is 1. The largest absolute Gasteiger partial charge is 0.345 e. The third-order valence-corrected chi connectivity index (χ3v) is 6.88. The fraction of sp³-hybridized carbons (Fsp3) is 0.500. The number of hydrogen-bond acceptors (Lipinski definition) is 6. The summed E-state index contributed by atoms with van der Waals surface area (Å²) >= 11 is 0. The van der Waals surface area contributed by atoms with E-state index in [0.717, 1.165) is 37.2 Å². The van der Waals surface area contributed by atoms with Gasteiger partial charge in [0.25, 0.3) is 5.91 Å². The molecule has 0 aliphatic carbocycles. The maximum Gasteiger partial charge on any atom is 0.272 e. The van der Waals surface area contributed by atoms with E-state index in [1.165, 1.54) is 0 Å². The molecule has 1 unspecified atom stereocenters. The number of likely N-dealkylation sites (N-methyl/N-ethyl adjacent to an activating group) is 1. The number of amides is 3. The number of aliphatic imine (C=N–C) groups is 1. The number of carbonyl (C=O) groups is 3. The van der Waals surface area contributed by atoms with E-state index in [1.54, 1.807) is 18.0 Å². The van der Waals surface area contributed by atoms with E-state index in [9.17, 15) is 14.4 Å². The number of nitrogens with zero attached hydrogens (tertiary/aromatic N) is 4. The monoisotopic (exact) mass is 534 g/mol. The third-order valence-electron chi connectivity index (χ3n) is 6.88. The lowest BCUT2D eigenvalue weighted by Crippen LogP contribution is -2.53. The van der Waals surface area contributed by atoms with Gasteiger partial charge in [0.15, 0.2) is 0 Å². The number of rotatable bonds is 13. The van der Waals surface area contributed by atoms with Gasteiger partial charge in [-0.1, -0.05) is 58.4 Å². The molecule has 1 aromatic heterocycles. The van der Waals surface area contributed by atoms with Crippen molar-refractivity contribution in [3.63, 3.8) is 0 Å². The molecule has 0 spiro atoms. The first-order valence-electron chi connectivity index (χ1n) is 14.0. The second kappa shape index (κ2) is 14.5. The summed E-state index contributed by atoms with van der Waals surface area (Å²) in [6, 6.07) is 12.3. The molecule has 0 radical (unpaired) electrons. The summed E-state index contributed by atoms with van der Waals surface area (Å²) in [7, 11) is 0. The summed E-state index contributed by atoms with van der Waals surface area (Å²) in [6.45, 7) is 12.9. The van der Waals surface area contributed by atoms with E-state index < -0.39 is 18.1 Å². The zero-order chi connectivity index (χ0) is 28.4. The molecular weight excluding hydrogens is 492 g/mol. The Labute approximate surface area is 232 Å². The van der Waals surface area contributed by atoms with Crippen molar-refractivity contribution in [1.29, 1.82) is 0 Å². The Hall–Kier alpha value is -3.59. The molecule has 2 aromatic rings. The summed E-state index contributed by atoms with van der Waals surface area (Å²) in [4.78, 5) is 52.7. The topological polar surface area (TPSA) is 107 Å². The van der Waals surface area contributed by atoms with Gasteiger partial charge in [-0.2, -0.15) is 0 Å². The molecule has 9 nitrogen and oxygen atoms in total.